The van der Waals surface area contributed by atoms with Crippen LogP contribution in [0.3, 0.4) is 0 Å². The molecule has 3 aromatic rings. The van der Waals surface area contributed by atoms with Gasteiger partial charge in [-0.25, -0.2) is 4.39 Å². The zero-order valence-corrected chi connectivity index (χ0v) is 20.3. The molecule has 2 N–H and O–H groups in total. The highest BCUT2D eigenvalue weighted by Crippen LogP contribution is 2.27. The van der Waals surface area contributed by atoms with Crippen LogP contribution >= 0.6 is 23.2 Å². The van der Waals surface area contributed by atoms with Crippen LogP contribution in [0, 0.1) is 5.82 Å². The van der Waals surface area contributed by atoms with Gasteiger partial charge in [-0.05, 0) is 43.1 Å². The number of aromatic amines is 1. The van der Waals surface area contributed by atoms with Gasteiger partial charge in [0.1, 0.15) is 16.5 Å². The van der Waals surface area contributed by atoms with Crippen molar-refractivity contribution in [2.24, 2.45) is 0 Å². The quantitative estimate of drug-likeness (QED) is 0.554. The van der Waals surface area contributed by atoms with Crippen LogP contribution in [0.1, 0.15) is 34.5 Å². The Kier molecular flexibility index (Phi) is 6.57. The van der Waals surface area contributed by atoms with Crippen LogP contribution < -0.4 is 10.9 Å². The molecule has 2 aromatic heterocycles. The Labute approximate surface area is 210 Å². The molecule has 2 amide bonds. The number of halogens is 3. The van der Waals surface area contributed by atoms with Crippen molar-refractivity contribution in [2.75, 3.05) is 32.7 Å². The summed E-state index contributed by atoms with van der Waals surface area (Å²) in [5.41, 5.74) is 1.24. The fourth-order valence-electron chi connectivity index (χ4n) is 4.79. The minimum Gasteiger partial charge on any atom is -0.338 e. The third-order valence-corrected chi connectivity index (χ3v) is 7.43. The van der Waals surface area contributed by atoms with Gasteiger partial charge >= 0.3 is 0 Å². The summed E-state index contributed by atoms with van der Waals surface area (Å²) in [6.07, 6.45) is 3.63. The molecule has 2 saturated heterocycles. The molecule has 8 nitrogen and oxygen atoms in total. The summed E-state index contributed by atoms with van der Waals surface area (Å²) in [6.45, 7) is 2.38. The van der Waals surface area contributed by atoms with Crippen LogP contribution in [0.2, 0.25) is 10.2 Å². The smallest absolute Gasteiger partial charge is 0.272 e. The number of nitrogens with zero attached hydrogens (tertiary/aromatic N) is 3. The Bertz CT molecular complexity index is 1360. The molecule has 1 aromatic carbocycles. The van der Waals surface area contributed by atoms with Gasteiger partial charge in [0.05, 0.1) is 16.6 Å². The monoisotopic (exact) mass is 519 g/mol. The molecule has 0 bridgehead atoms. The number of hydrogen-bond donors (Lipinski definition) is 2. The highest BCUT2D eigenvalue weighted by atomic mass is 35.5. The van der Waals surface area contributed by atoms with Crippen molar-refractivity contribution in [3.8, 4) is 0 Å². The zero-order valence-electron chi connectivity index (χ0n) is 18.8. The Morgan fingerprint density at radius 2 is 1.83 bits per heavy atom. The number of amides is 2. The van der Waals surface area contributed by atoms with Gasteiger partial charge in [-0.3, -0.25) is 18.8 Å². The number of carbonyl (C=O) groups excluding carboxylic acids is 2. The molecule has 0 spiro atoms. The number of carbonyl (C=O) groups is 2. The molecular formula is C24H24Cl2FN5O3. The van der Waals surface area contributed by atoms with Gasteiger partial charge < -0.3 is 20.1 Å². The fraction of sp³-hybridized carbons (Fsp3) is 0.375. The van der Waals surface area contributed by atoms with Crippen LogP contribution in [0.25, 0.3) is 5.52 Å². The Balaban J connectivity index is 1.33. The van der Waals surface area contributed by atoms with E-state index in [9.17, 15) is 18.8 Å². The molecule has 0 saturated carbocycles. The summed E-state index contributed by atoms with van der Waals surface area (Å²) in [4.78, 5) is 43.9. The predicted octanol–water partition coefficient (Wildman–Crippen LogP) is 2.70. The lowest BCUT2D eigenvalue weighted by atomic mass is 10.0. The topological polar surface area (TPSA) is 89.9 Å². The average molecular weight is 520 g/mol. The molecular weight excluding hydrogens is 496 g/mol. The van der Waals surface area contributed by atoms with E-state index in [0.717, 1.165) is 19.4 Å². The van der Waals surface area contributed by atoms with Gasteiger partial charge in [0.15, 0.2) is 0 Å². The zero-order chi connectivity index (χ0) is 24.7. The number of piperazine rings is 1. The summed E-state index contributed by atoms with van der Waals surface area (Å²) >= 11 is 12.4. The fourth-order valence-corrected chi connectivity index (χ4v) is 5.24. The number of benzene rings is 1. The van der Waals surface area contributed by atoms with E-state index >= 15 is 0 Å². The normalized spacial score (nSPS) is 18.4. The number of nitrogens with one attached hydrogen (secondary N) is 2. The lowest BCUT2D eigenvalue weighted by molar-refractivity contribution is -0.134. The number of H-pyrrole nitrogens is 1. The molecule has 4 heterocycles. The van der Waals surface area contributed by atoms with Crippen LogP contribution in [0.4, 0.5) is 4.39 Å². The van der Waals surface area contributed by atoms with E-state index in [1.165, 1.54) is 24.4 Å². The minimum absolute atomic E-state index is 0.0305. The third kappa shape index (κ3) is 4.55. The van der Waals surface area contributed by atoms with E-state index in [2.05, 4.69) is 10.3 Å². The van der Waals surface area contributed by atoms with Crippen LogP contribution in [0.15, 0.2) is 35.3 Å². The van der Waals surface area contributed by atoms with E-state index < -0.39 is 11.7 Å². The highest BCUT2D eigenvalue weighted by molar-refractivity contribution is 6.42. The maximum Gasteiger partial charge on any atom is 0.272 e. The number of rotatable bonds is 4. The molecule has 1 atom stereocenters. The number of hydrogen-bond acceptors (Lipinski definition) is 4. The van der Waals surface area contributed by atoms with E-state index in [-0.39, 0.29) is 39.7 Å². The maximum absolute atomic E-state index is 14.7. The maximum atomic E-state index is 14.7. The van der Waals surface area contributed by atoms with E-state index in [1.807, 2.05) is 0 Å². The standard InChI is InChI=1S/C24H24Cl2FN5O3/c25-17-12-20-22(33)29-13-15(32(20)21(17)26)10-14-3-4-18(27)16(11-14)23(34)30-6-8-31(9-7-30)24(35)19-2-1-5-28-19/h3-4,11-13,19,28H,1-2,5-10H2,(H,29,33)/t19-/m1/s1. The van der Waals surface area contributed by atoms with Crippen LogP contribution in [-0.2, 0) is 11.2 Å². The van der Waals surface area contributed by atoms with Gasteiger partial charge in [-0.1, -0.05) is 29.3 Å². The first kappa shape index (κ1) is 23.8. The van der Waals surface area contributed by atoms with Crippen molar-refractivity contribution in [1.82, 2.24) is 24.5 Å². The summed E-state index contributed by atoms with van der Waals surface area (Å²) in [7, 11) is 0. The van der Waals surface area contributed by atoms with Crippen molar-refractivity contribution in [1.29, 1.82) is 0 Å². The molecule has 184 valence electrons. The van der Waals surface area contributed by atoms with Crippen molar-refractivity contribution in [2.45, 2.75) is 25.3 Å². The second-order valence-corrected chi connectivity index (χ2v) is 9.64. The molecule has 2 fully saturated rings. The van der Waals surface area contributed by atoms with Crippen molar-refractivity contribution in [3.05, 3.63) is 73.6 Å². The Morgan fingerprint density at radius 3 is 2.54 bits per heavy atom. The van der Waals surface area contributed by atoms with E-state index in [4.69, 9.17) is 23.2 Å². The van der Waals surface area contributed by atoms with E-state index in [1.54, 1.807) is 20.3 Å². The van der Waals surface area contributed by atoms with Crippen molar-refractivity contribution < 1.29 is 14.0 Å². The first-order valence-electron chi connectivity index (χ1n) is 11.5. The van der Waals surface area contributed by atoms with Gasteiger partial charge in [0, 0.05) is 44.5 Å². The predicted molar refractivity (Wildman–Crippen MR) is 131 cm³/mol. The largest absolute Gasteiger partial charge is 0.338 e. The molecule has 2 aliphatic rings. The molecule has 0 aliphatic carbocycles. The van der Waals surface area contributed by atoms with Gasteiger partial charge in [0.25, 0.3) is 11.5 Å². The Hall–Kier alpha value is -2.88. The average Bonchev–Trinajstić information content (AvgIpc) is 3.51. The molecule has 0 unspecified atom stereocenters. The summed E-state index contributed by atoms with van der Waals surface area (Å²) in [5, 5.41) is 3.67. The third-order valence-electron chi connectivity index (χ3n) is 6.67. The lowest BCUT2D eigenvalue weighted by Crippen LogP contribution is -2.54. The number of fused-ring (bicyclic) bond motifs is 1. The van der Waals surface area contributed by atoms with Gasteiger partial charge in [-0.2, -0.15) is 0 Å². The van der Waals surface area contributed by atoms with Crippen LogP contribution in [-0.4, -0.2) is 69.8 Å². The molecule has 5 rings (SSSR count). The number of aromatic nitrogens is 2. The summed E-state index contributed by atoms with van der Waals surface area (Å²) in [5.74, 6) is -0.955. The molecule has 0 radical (unpaired) electrons. The molecule has 35 heavy (non-hydrogen) atoms. The van der Waals surface area contributed by atoms with Gasteiger partial charge in [-0.15, -0.1) is 0 Å². The van der Waals surface area contributed by atoms with Crippen LogP contribution in [0.5, 0.6) is 0 Å². The highest BCUT2D eigenvalue weighted by Gasteiger charge is 2.31. The first-order chi connectivity index (χ1) is 16.8. The minimum atomic E-state index is -0.610. The first-order valence-corrected chi connectivity index (χ1v) is 12.3. The summed E-state index contributed by atoms with van der Waals surface area (Å²) < 4.78 is 16.2. The van der Waals surface area contributed by atoms with E-state index in [0.29, 0.717) is 43.0 Å². The Morgan fingerprint density at radius 1 is 1.09 bits per heavy atom. The lowest BCUT2D eigenvalue weighted by Gasteiger charge is -2.36. The van der Waals surface area contributed by atoms with Crippen molar-refractivity contribution >= 4 is 40.5 Å². The summed E-state index contributed by atoms with van der Waals surface area (Å²) in [6, 6.07) is 5.72. The second-order valence-electron chi connectivity index (χ2n) is 8.87. The molecule has 2 aliphatic heterocycles. The molecule has 11 heteroatoms. The van der Waals surface area contributed by atoms with Gasteiger partial charge in [0.2, 0.25) is 5.91 Å². The van der Waals surface area contributed by atoms with Crippen molar-refractivity contribution in [3.63, 3.8) is 0 Å². The second kappa shape index (κ2) is 9.64. The SMILES string of the molecule is O=C(c1cc(Cc2c[nH]c(=O)c3cc(Cl)c(Cl)n23)ccc1F)N1CCN(C(=O)[C@H]2CCCN2)CC1.